The van der Waals surface area contributed by atoms with Crippen LogP contribution in [0.25, 0.3) is 0 Å². The number of hydrogen-bond acceptors (Lipinski definition) is 5. The van der Waals surface area contributed by atoms with Crippen LogP contribution in [-0.2, 0) is 6.54 Å². The lowest BCUT2D eigenvalue weighted by molar-refractivity contribution is 0.414. The standard InChI is InChI=1S/C21H24N4O/c1-14-5-8-18(11-15(14)2)25-21-12-20(23-16(3)24-21)22-13-17-6-9-19(26-4)10-7-17/h5-12H,13H2,1-4H3,(H2,22,23,24,25). The van der Waals surface area contributed by atoms with Gasteiger partial charge in [0.05, 0.1) is 7.11 Å². The summed E-state index contributed by atoms with van der Waals surface area (Å²) in [5.74, 6) is 3.14. The van der Waals surface area contributed by atoms with E-state index in [1.807, 2.05) is 37.3 Å². The Morgan fingerprint density at radius 3 is 2.27 bits per heavy atom. The van der Waals surface area contributed by atoms with Crippen LogP contribution in [0.4, 0.5) is 17.3 Å². The SMILES string of the molecule is COc1ccc(CNc2cc(Nc3ccc(C)c(C)c3)nc(C)n2)cc1. The van der Waals surface area contributed by atoms with E-state index in [-0.39, 0.29) is 0 Å². The van der Waals surface area contributed by atoms with Crippen molar-refractivity contribution < 1.29 is 4.74 Å². The summed E-state index contributed by atoms with van der Waals surface area (Å²) in [6.07, 6.45) is 0. The van der Waals surface area contributed by atoms with Crippen molar-refractivity contribution in [1.82, 2.24) is 9.97 Å². The Balaban J connectivity index is 1.71. The highest BCUT2D eigenvalue weighted by atomic mass is 16.5. The third-order valence-corrected chi connectivity index (χ3v) is 4.25. The molecule has 1 heterocycles. The predicted octanol–water partition coefficient (Wildman–Crippen LogP) is 4.77. The van der Waals surface area contributed by atoms with Crippen molar-refractivity contribution in [3.8, 4) is 5.75 Å². The van der Waals surface area contributed by atoms with Gasteiger partial charge in [-0.3, -0.25) is 0 Å². The Labute approximate surface area is 154 Å². The first-order valence-electron chi connectivity index (χ1n) is 8.60. The fourth-order valence-electron chi connectivity index (χ4n) is 2.63. The van der Waals surface area contributed by atoms with E-state index in [1.54, 1.807) is 7.11 Å². The Kier molecular flexibility index (Phi) is 5.37. The lowest BCUT2D eigenvalue weighted by atomic mass is 10.1. The highest BCUT2D eigenvalue weighted by Gasteiger charge is 2.04. The van der Waals surface area contributed by atoms with Crippen molar-refractivity contribution in [2.75, 3.05) is 17.7 Å². The number of aryl methyl sites for hydroxylation is 3. The molecule has 3 rings (SSSR count). The molecular formula is C21H24N4O. The second kappa shape index (κ2) is 7.87. The molecule has 134 valence electrons. The van der Waals surface area contributed by atoms with Gasteiger partial charge < -0.3 is 15.4 Å². The zero-order valence-electron chi connectivity index (χ0n) is 15.6. The number of methoxy groups -OCH3 is 1. The molecule has 26 heavy (non-hydrogen) atoms. The van der Waals surface area contributed by atoms with Crippen molar-refractivity contribution in [2.45, 2.75) is 27.3 Å². The lowest BCUT2D eigenvalue weighted by Gasteiger charge is -2.11. The van der Waals surface area contributed by atoms with Gasteiger partial charge in [0.15, 0.2) is 0 Å². The fraction of sp³-hybridized carbons (Fsp3) is 0.238. The number of benzene rings is 2. The maximum absolute atomic E-state index is 5.19. The average molecular weight is 348 g/mol. The first-order valence-corrected chi connectivity index (χ1v) is 8.60. The van der Waals surface area contributed by atoms with Crippen LogP contribution in [0.15, 0.2) is 48.5 Å². The first kappa shape index (κ1) is 17.7. The third-order valence-electron chi connectivity index (χ3n) is 4.25. The summed E-state index contributed by atoms with van der Waals surface area (Å²) < 4.78 is 5.19. The Morgan fingerprint density at radius 1 is 0.846 bits per heavy atom. The molecule has 0 saturated heterocycles. The second-order valence-corrected chi connectivity index (χ2v) is 6.31. The molecule has 0 aliphatic carbocycles. The van der Waals surface area contributed by atoms with Gasteiger partial charge in [0.25, 0.3) is 0 Å². The van der Waals surface area contributed by atoms with Gasteiger partial charge in [0.2, 0.25) is 0 Å². The van der Waals surface area contributed by atoms with Crippen LogP contribution in [0, 0.1) is 20.8 Å². The van der Waals surface area contributed by atoms with Gasteiger partial charge in [-0.15, -0.1) is 0 Å². The molecule has 0 amide bonds. The molecule has 2 aromatic carbocycles. The van der Waals surface area contributed by atoms with Crippen LogP contribution in [-0.4, -0.2) is 17.1 Å². The zero-order valence-corrected chi connectivity index (χ0v) is 15.6. The van der Waals surface area contributed by atoms with Crippen molar-refractivity contribution in [3.63, 3.8) is 0 Å². The van der Waals surface area contributed by atoms with Crippen molar-refractivity contribution in [1.29, 1.82) is 0 Å². The smallest absolute Gasteiger partial charge is 0.136 e. The summed E-state index contributed by atoms with van der Waals surface area (Å²) in [6.45, 7) is 6.79. The summed E-state index contributed by atoms with van der Waals surface area (Å²) >= 11 is 0. The summed E-state index contributed by atoms with van der Waals surface area (Å²) in [5, 5.41) is 6.71. The number of aromatic nitrogens is 2. The Hall–Kier alpha value is -3.08. The molecule has 0 atom stereocenters. The van der Waals surface area contributed by atoms with Crippen molar-refractivity contribution >= 4 is 17.3 Å². The highest BCUT2D eigenvalue weighted by Crippen LogP contribution is 2.20. The van der Waals surface area contributed by atoms with Gasteiger partial charge >= 0.3 is 0 Å². The van der Waals surface area contributed by atoms with Crippen LogP contribution in [0.3, 0.4) is 0 Å². The van der Waals surface area contributed by atoms with Gasteiger partial charge in [0.1, 0.15) is 23.2 Å². The summed E-state index contributed by atoms with van der Waals surface area (Å²) in [4.78, 5) is 8.95. The molecule has 5 nitrogen and oxygen atoms in total. The Bertz CT molecular complexity index is 891. The number of ether oxygens (including phenoxy) is 1. The number of nitrogens with zero attached hydrogens (tertiary/aromatic N) is 2. The van der Waals surface area contributed by atoms with Gasteiger partial charge in [-0.1, -0.05) is 18.2 Å². The second-order valence-electron chi connectivity index (χ2n) is 6.31. The number of nitrogens with one attached hydrogen (secondary N) is 2. The first-order chi connectivity index (χ1) is 12.5. The molecule has 0 spiro atoms. The largest absolute Gasteiger partial charge is 0.497 e. The molecule has 1 aromatic heterocycles. The van der Waals surface area contributed by atoms with Crippen LogP contribution in [0.5, 0.6) is 5.75 Å². The van der Waals surface area contributed by atoms with E-state index >= 15 is 0 Å². The van der Waals surface area contributed by atoms with Crippen molar-refractivity contribution in [2.24, 2.45) is 0 Å². The average Bonchev–Trinajstić information content (AvgIpc) is 2.63. The topological polar surface area (TPSA) is 59.1 Å². The molecule has 0 aliphatic heterocycles. The summed E-state index contributed by atoms with van der Waals surface area (Å²) in [5.41, 5.74) is 4.70. The van der Waals surface area contributed by atoms with E-state index in [0.717, 1.165) is 34.5 Å². The van der Waals surface area contributed by atoms with Crippen LogP contribution < -0.4 is 15.4 Å². The monoisotopic (exact) mass is 348 g/mol. The van der Waals surface area contributed by atoms with Gasteiger partial charge in [-0.2, -0.15) is 0 Å². The van der Waals surface area contributed by atoms with E-state index < -0.39 is 0 Å². The molecule has 3 aromatic rings. The van der Waals surface area contributed by atoms with E-state index in [4.69, 9.17) is 4.74 Å². The van der Waals surface area contributed by atoms with Crippen molar-refractivity contribution in [3.05, 3.63) is 71.0 Å². The van der Waals surface area contributed by atoms with E-state index in [0.29, 0.717) is 6.54 Å². The quantitative estimate of drug-likeness (QED) is 0.672. The summed E-state index contributed by atoms with van der Waals surface area (Å²) in [6, 6.07) is 16.2. The molecule has 2 N–H and O–H groups in total. The molecule has 0 aliphatic rings. The summed E-state index contributed by atoms with van der Waals surface area (Å²) in [7, 11) is 1.67. The van der Waals surface area contributed by atoms with E-state index in [2.05, 4.69) is 52.6 Å². The molecule has 0 fully saturated rings. The van der Waals surface area contributed by atoms with Crippen LogP contribution in [0.1, 0.15) is 22.5 Å². The minimum atomic E-state index is 0.684. The number of hydrogen-bond donors (Lipinski definition) is 2. The molecule has 0 saturated carbocycles. The Morgan fingerprint density at radius 2 is 1.58 bits per heavy atom. The molecule has 0 radical (unpaired) electrons. The normalized spacial score (nSPS) is 10.5. The highest BCUT2D eigenvalue weighted by molar-refractivity contribution is 5.60. The van der Waals surface area contributed by atoms with Crippen LogP contribution in [0.2, 0.25) is 0 Å². The number of rotatable bonds is 6. The minimum Gasteiger partial charge on any atom is -0.497 e. The van der Waals surface area contributed by atoms with E-state index in [9.17, 15) is 0 Å². The molecule has 0 unspecified atom stereocenters. The zero-order chi connectivity index (χ0) is 18.5. The van der Waals surface area contributed by atoms with Gasteiger partial charge in [0, 0.05) is 18.3 Å². The maximum Gasteiger partial charge on any atom is 0.136 e. The minimum absolute atomic E-state index is 0.684. The van der Waals surface area contributed by atoms with Gasteiger partial charge in [-0.25, -0.2) is 9.97 Å². The maximum atomic E-state index is 5.19. The third kappa shape index (κ3) is 4.51. The molecular weight excluding hydrogens is 324 g/mol. The van der Waals surface area contributed by atoms with E-state index in [1.165, 1.54) is 11.1 Å². The predicted molar refractivity (Wildman–Crippen MR) is 106 cm³/mol. The van der Waals surface area contributed by atoms with Crippen LogP contribution >= 0.6 is 0 Å². The lowest BCUT2D eigenvalue weighted by Crippen LogP contribution is -2.05. The van der Waals surface area contributed by atoms with Gasteiger partial charge in [-0.05, 0) is 61.7 Å². The molecule has 5 heteroatoms. The number of anilines is 3. The fourth-order valence-corrected chi connectivity index (χ4v) is 2.63. The molecule has 0 bridgehead atoms.